The first-order chi connectivity index (χ1) is 10.9. The van der Waals surface area contributed by atoms with Crippen molar-refractivity contribution in [3.05, 3.63) is 58.0 Å². The highest BCUT2D eigenvalue weighted by molar-refractivity contribution is 5.98. The fraction of sp³-hybridized carbons (Fsp3) is 0.250. The first kappa shape index (κ1) is 16.4. The Morgan fingerprint density at radius 1 is 1.17 bits per heavy atom. The van der Waals surface area contributed by atoms with E-state index < -0.39 is 5.91 Å². The molecule has 7 heteroatoms. The quantitative estimate of drug-likeness (QED) is 0.904. The van der Waals surface area contributed by atoms with Gasteiger partial charge >= 0.3 is 0 Å². The van der Waals surface area contributed by atoms with Crippen LogP contribution in [0.2, 0.25) is 0 Å². The summed E-state index contributed by atoms with van der Waals surface area (Å²) in [5.41, 5.74) is 1.57. The zero-order chi connectivity index (χ0) is 17.0. The van der Waals surface area contributed by atoms with Gasteiger partial charge in [-0.25, -0.2) is 4.68 Å². The molecule has 2 aromatic rings. The largest absolute Gasteiger partial charge is 0.331 e. The van der Waals surface area contributed by atoms with Crippen LogP contribution in [0.15, 0.2) is 41.2 Å². The number of nitrogens with one attached hydrogen (secondary N) is 1. The number of rotatable bonds is 4. The fourth-order valence-corrected chi connectivity index (χ4v) is 1.94. The lowest BCUT2D eigenvalue weighted by atomic mass is 10.2. The van der Waals surface area contributed by atoms with E-state index in [1.54, 1.807) is 12.1 Å². The number of hydrogen-bond acceptors (Lipinski definition) is 4. The van der Waals surface area contributed by atoms with Crippen molar-refractivity contribution in [1.82, 2.24) is 14.7 Å². The molecule has 1 aromatic heterocycles. The lowest BCUT2D eigenvalue weighted by molar-refractivity contribution is -0.116. The number of aromatic nitrogens is 2. The normalized spacial score (nSPS) is 10.2. The second-order valence-corrected chi connectivity index (χ2v) is 5.26. The zero-order valence-electron chi connectivity index (χ0n) is 13.2. The lowest BCUT2D eigenvalue weighted by Gasteiger charge is -2.16. The minimum absolute atomic E-state index is 0.109. The van der Waals surface area contributed by atoms with E-state index in [4.69, 9.17) is 0 Å². The summed E-state index contributed by atoms with van der Waals surface area (Å²) in [4.78, 5) is 36.7. The topological polar surface area (TPSA) is 84.3 Å². The smallest absolute Gasteiger partial charge is 0.274 e. The van der Waals surface area contributed by atoms with E-state index in [1.807, 2.05) is 19.1 Å². The van der Waals surface area contributed by atoms with E-state index in [9.17, 15) is 14.4 Å². The first-order valence-electron chi connectivity index (χ1n) is 7.03. The molecule has 0 spiro atoms. The van der Waals surface area contributed by atoms with Gasteiger partial charge in [-0.05, 0) is 25.1 Å². The molecule has 0 bridgehead atoms. The number of anilines is 1. The van der Waals surface area contributed by atoms with Crippen LogP contribution in [0.1, 0.15) is 16.1 Å². The minimum Gasteiger partial charge on any atom is -0.331 e. The highest BCUT2D eigenvalue weighted by Gasteiger charge is 2.17. The van der Waals surface area contributed by atoms with Crippen molar-refractivity contribution in [1.29, 1.82) is 0 Å². The molecule has 0 aliphatic heterocycles. The molecule has 0 saturated heterocycles. The highest BCUT2D eigenvalue weighted by Crippen LogP contribution is 2.08. The molecule has 0 atom stereocenters. The molecule has 0 unspecified atom stereocenters. The van der Waals surface area contributed by atoms with Crippen LogP contribution in [0, 0.1) is 6.92 Å². The van der Waals surface area contributed by atoms with Crippen LogP contribution in [0.4, 0.5) is 5.69 Å². The molecule has 23 heavy (non-hydrogen) atoms. The maximum absolute atomic E-state index is 12.2. The second-order valence-electron chi connectivity index (χ2n) is 5.26. The van der Waals surface area contributed by atoms with Crippen molar-refractivity contribution in [3.63, 3.8) is 0 Å². The monoisotopic (exact) mass is 314 g/mol. The van der Waals surface area contributed by atoms with Crippen molar-refractivity contribution >= 4 is 17.5 Å². The maximum Gasteiger partial charge on any atom is 0.274 e. The van der Waals surface area contributed by atoms with Crippen LogP contribution >= 0.6 is 0 Å². The van der Waals surface area contributed by atoms with Crippen LogP contribution in [-0.2, 0) is 11.8 Å². The average molecular weight is 314 g/mol. The van der Waals surface area contributed by atoms with Crippen molar-refractivity contribution in [2.24, 2.45) is 7.05 Å². The summed E-state index contributed by atoms with van der Waals surface area (Å²) in [6.07, 6.45) is 0. The van der Waals surface area contributed by atoms with E-state index in [1.165, 1.54) is 31.1 Å². The molecule has 0 radical (unpaired) electrons. The first-order valence-corrected chi connectivity index (χ1v) is 7.03. The minimum atomic E-state index is -0.431. The van der Waals surface area contributed by atoms with Gasteiger partial charge in [-0.1, -0.05) is 17.7 Å². The van der Waals surface area contributed by atoms with Gasteiger partial charge < -0.3 is 10.2 Å². The van der Waals surface area contributed by atoms with Gasteiger partial charge in [-0.2, -0.15) is 5.10 Å². The number of nitrogens with zero attached hydrogens (tertiary/aromatic N) is 3. The summed E-state index contributed by atoms with van der Waals surface area (Å²) in [6.45, 7) is 1.84. The molecule has 2 amide bonds. The van der Waals surface area contributed by atoms with Crippen LogP contribution in [-0.4, -0.2) is 40.1 Å². The van der Waals surface area contributed by atoms with Crippen LogP contribution in [0.5, 0.6) is 0 Å². The van der Waals surface area contributed by atoms with Gasteiger partial charge in [0, 0.05) is 25.8 Å². The Hall–Kier alpha value is -2.96. The Balaban J connectivity index is 1.99. The molecule has 0 saturated carbocycles. The molecule has 7 nitrogen and oxygen atoms in total. The predicted octanol–water partition coefficient (Wildman–Crippen LogP) is 0.799. The molecule has 0 fully saturated rings. The number of carbonyl (C=O) groups is 2. The number of amides is 2. The van der Waals surface area contributed by atoms with Crippen LogP contribution < -0.4 is 10.9 Å². The summed E-state index contributed by atoms with van der Waals surface area (Å²) in [5.74, 6) is -0.742. The SMILES string of the molecule is Cc1ccc(NC(=O)CN(C)C(=O)c2ccc(=O)n(C)n2)cc1. The van der Waals surface area contributed by atoms with Crippen LogP contribution in [0.3, 0.4) is 0 Å². The van der Waals surface area contributed by atoms with Gasteiger partial charge in [0.05, 0.1) is 6.54 Å². The van der Waals surface area contributed by atoms with Gasteiger partial charge in [-0.15, -0.1) is 0 Å². The zero-order valence-corrected chi connectivity index (χ0v) is 13.2. The molecule has 2 rings (SSSR count). The van der Waals surface area contributed by atoms with Crippen molar-refractivity contribution in [2.75, 3.05) is 18.9 Å². The van der Waals surface area contributed by atoms with Crippen molar-refractivity contribution in [3.8, 4) is 0 Å². The highest BCUT2D eigenvalue weighted by atomic mass is 16.2. The van der Waals surface area contributed by atoms with E-state index in [0.717, 1.165) is 10.2 Å². The van der Waals surface area contributed by atoms with Gasteiger partial charge in [0.2, 0.25) is 5.91 Å². The summed E-state index contributed by atoms with van der Waals surface area (Å²) in [6, 6.07) is 9.98. The third-order valence-corrected chi connectivity index (χ3v) is 3.24. The molecule has 1 aromatic carbocycles. The standard InChI is InChI=1S/C16H18N4O3/c1-11-4-6-12(7-5-11)17-14(21)10-19(2)16(23)13-8-9-15(22)20(3)18-13/h4-9H,10H2,1-3H3,(H,17,21). The summed E-state index contributed by atoms with van der Waals surface area (Å²) in [5, 5.41) is 6.59. The maximum atomic E-state index is 12.2. The Labute approximate surface area is 133 Å². The van der Waals surface area contributed by atoms with Crippen molar-refractivity contribution in [2.45, 2.75) is 6.92 Å². The van der Waals surface area contributed by atoms with Crippen LogP contribution in [0.25, 0.3) is 0 Å². The predicted molar refractivity (Wildman–Crippen MR) is 86.2 cm³/mol. The van der Waals surface area contributed by atoms with E-state index in [0.29, 0.717) is 5.69 Å². The molecule has 1 N–H and O–H groups in total. The Kier molecular flexibility index (Phi) is 4.90. The summed E-state index contributed by atoms with van der Waals surface area (Å²) < 4.78 is 1.08. The molecule has 1 heterocycles. The van der Waals surface area contributed by atoms with Gasteiger partial charge in [0.1, 0.15) is 5.69 Å². The molecular formula is C16H18N4O3. The molecule has 0 aliphatic rings. The van der Waals surface area contributed by atoms with Gasteiger partial charge in [0.25, 0.3) is 11.5 Å². The van der Waals surface area contributed by atoms with E-state index in [-0.39, 0.29) is 23.7 Å². The number of likely N-dealkylation sites (N-methyl/N-ethyl adjacent to an activating group) is 1. The third kappa shape index (κ3) is 4.26. The lowest BCUT2D eigenvalue weighted by Crippen LogP contribution is -2.36. The van der Waals surface area contributed by atoms with Gasteiger partial charge in [-0.3, -0.25) is 14.4 Å². The number of hydrogen-bond donors (Lipinski definition) is 1. The Morgan fingerprint density at radius 3 is 2.43 bits per heavy atom. The van der Waals surface area contributed by atoms with Crippen molar-refractivity contribution < 1.29 is 9.59 Å². The molecule has 120 valence electrons. The van der Waals surface area contributed by atoms with Gasteiger partial charge in [0.15, 0.2) is 0 Å². The number of aryl methyl sites for hydroxylation is 2. The Morgan fingerprint density at radius 2 is 1.83 bits per heavy atom. The number of benzene rings is 1. The van der Waals surface area contributed by atoms with E-state index >= 15 is 0 Å². The fourth-order valence-electron chi connectivity index (χ4n) is 1.94. The summed E-state index contributed by atoms with van der Waals surface area (Å²) >= 11 is 0. The third-order valence-electron chi connectivity index (χ3n) is 3.24. The van der Waals surface area contributed by atoms with E-state index in [2.05, 4.69) is 10.4 Å². The molecule has 0 aliphatic carbocycles. The number of carbonyl (C=O) groups excluding carboxylic acids is 2. The summed E-state index contributed by atoms with van der Waals surface area (Å²) in [7, 11) is 2.97. The second kappa shape index (κ2) is 6.87. The Bertz CT molecular complexity index is 781. The average Bonchev–Trinajstić information content (AvgIpc) is 2.51. The molecular weight excluding hydrogens is 296 g/mol.